The first-order valence-electron chi connectivity index (χ1n) is 11.1. The number of hydrogen-bond acceptors (Lipinski definition) is 6. The number of aryl methyl sites for hydroxylation is 1. The van der Waals surface area contributed by atoms with E-state index in [9.17, 15) is 9.59 Å². The Bertz CT molecular complexity index is 992. The van der Waals surface area contributed by atoms with Gasteiger partial charge in [0.2, 0.25) is 0 Å². The molecule has 1 aromatic carbocycles. The molecular weight excluding hydrogens is 408 g/mol. The number of carbonyl (C=O) groups is 2. The second kappa shape index (κ2) is 11.4. The van der Waals surface area contributed by atoms with Crippen molar-refractivity contribution in [2.24, 2.45) is 5.92 Å². The van der Waals surface area contributed by atoms with Crippen molar-refractivity contribution in [1.29, 1.82) is 5.26 Å². The monoisotopic (exact) mass is 438 g/mol. The number of hydrogen-bond donors (Lipinski definition) is 1. The van der Waals surface area contributed by atoms with Crippen LogP contribution in [0.15, 0.2) is 24.3 Å². The Hall–Kier alpha value is -3.18. The molecular formula is C24H30N4O4. The summed E-state index contributed by atoms with van der Waals surface area (Å²) in [5, 5.41) is 16.7. The molecule has 8 heteroatoms. The number of nitriles is 1. The van der Waals surface area contributed by atoms with Crippen LogP contribution in [0.3, 0.4) is 0 Å². The van der Waals surface area contributed by atoms with Gasteiger partial charge >= 0.3 is 5.97 Å². The van der Waals surface area contributed by atoms with E-state index in [1.807, 2.05) is 24.6 Å². The summed E-state index contributed by atoms with van der Waals surface area (Å²) in [7, 11) is 0. The fourth-order valence-electron chi connectivity index (χ4n) is 3.74. The van der Waals surface area contributed by atoms with E-state index in [1.54, 1.807) is 18.2 Å². The van der Waals surface area contributed by atoms with Crippen LogP contribution < -0.4 is 5.32 Å². The summed E-state index contributed by atoms with van der Waals surface area (Å²) in [6.45, 7) is 6.58. The van der Waals surface area contributed by atoms with E-state index >= 15 is 0 Å². The van der Waals surface area contributed by atoms with Crippen molar-refractivity contribution in [2.45, 2.75) is 46.1 Å². The number of nitrogens with zero attached hydrogens (tertiary/aromatic N) is 3. The van der Waals surface area contributed by atoms with Crippen molar-refractivity contribution in [3.8, 4) is 6.07 Å². The van der Waals surface area contributed by atoms with Gasteiger partial charge < -0.3 is 14.8 Å². The summed E-state index contributed by atoms with van der Waals surface area (Å²) in [4.78, 5) is 25.2. The highest BCUT2D eigenvalue weighted by Gasteiger charge is 2.24. The molecule has 3 rings (SSSR count). The Morgan fingerprint density at radius 1 is 1.38 bits per heavy atom. The third-order valence-corrected chi connectivity index (χ3v) is 5.36. The minimum Gasteiger partial charge on any atom is -0.462 e. The van der Waals surface area contributed by atoms with E-state index in [0.717, 1.165) is 24.2 Å². The molecule has 0 fully saturated rings. The zero-order chi connectivity index (χ0) is 22.9. The highest BCUT2D eigenvalue weighted by atomic mass is 16.5. The van der Waals surface area contributed by atoms with Crippen LogP contribution >= 0.6 is 0 Å². The predicted molar refractivity (Wildman–Crippen MR) is 118 cm³/mol. The lowest BCUT2D eigenvalue weighted by atomic mass is 10.1. The van der Waals surface area contributed by atoms with E-state index in [4.69, 9.17) is 19.8 Å². The summed E-state index contributed by atoms with van der Waals surface area (Å²) in [5.74, 6) is -0.551. The highest BCUT2D eigenvalue weighted by molar-refractivity contribution is 5.96. The van der Waals surface area contributed by atoms with Gasteiger partial charge in [-0.15, -0.1) is 0 Å². The van der Waals surface area contributed by atoms with Crippen LogP contribution in [-0.4, -0.2) is 48.0 Å². The molecule has 2 heterocycles. The Morgan fingerprint density at radius 3 is 2.97 bits per heavy atom. The minimum absolute atomic E-state index is 0.00991. The van der Waals surface area contributed by atoms with Crippen molar-refractivity contribution in [3.05, 3.63) is 52.3 Å². The SMILES string of the molecule is CCc1nn(C[C@@H](C)COC(=O)c2cccc(C#N)c2)c2c1C(=O)NCCCOCCC2. The number of carbonyl (C=O) groups excluding carboxylic acids is 2. The Morgan fingerprint density at radius 2 is 2.19 bits per heavy atom. The normalized spacial score (nSPS) is 15.6. The van der Waals surface area contributed by atoms with Gasteiger partial charge in [-0.3, -0.25) is 9.48 Å². The number of esters is 1. The second-order valence-electron chi connectivity index (χ2n) is 8.03. The predicted octanol–water partition coefficient (Wildman–Crippen LogP) is 2.89. The molecule has 0 bridgehead atoms. The Labute approximate surface area is 188 Å². The van der Waals surface area contributed by atoms with Gasteiger partial charge in [0.15, 0.2) is 0 Å². The number of rotatable bonds is 6. The van der Waals surface area contributed by atoms with Crippen LogP contribution in [0.4, 0.5) is 0 Å². The lowest BCUT2D eigenvalue weighted by molar-refractivity contribution is 0.0435. The number of nitrogens with one attached hydrogen (secondary N) is 1. The third-order valence-electron chi connectivity index (χ3n) is 5.36. The molecule has 2 aromatic rings. The van der Waals surface area contributed by atoms with Gasteiger partial charge in [0.25, 0.3) is 5.91 Å². The van der Waals surface area contributed by atoms with Crippen LogP contribution in [0.5, 0.6) is 0 Å². The average Bonchev–Trinajstić information content (AvgIpc) is 3.13. The quantitative estimate of drug-likeness (QED) is 0.695. The summed E-state index contributed by atoms with van der Waals surface area (Å²) in [5.41, 5.74) is 3.14. The number of aromatic nitrogens is 2. The maximum absolute atomic E-state index is 12.8. The molecule has 1 aliphatic rings. The van der Waals surface area contributed by atoms with Crippen LogP contribution in [0.1, 0.15) is 64.4 Å². The lowest BCUT2D eigenvalue weighted by Crippen LogP contribution is -2.27. The van der Waals surface area contributed by atoms with Crippen LogP contribution in [0, 0.1) is 17.2 Å². The van der Waals surface area contributed by atoms with Crippen molar-refractivity contribution in [3.63, 3.8) is 0 Å². The molecule has 32 heavy (non-hydrogen) atoms. The molecule has 0 spiro atoms. The van der Waals surface area contributed by atoms with Gasteiger partial charge in [0, 0.05) is 32.2 Å². The van der Waals surface area contributed by atoms with Crippen molar-refractivity contribution < 1.29 is 19.1 Å². The number of amides is 1. The van der Waals surface area contributed by atoms with Crippen molar-refractivity contribution in [2.75, 3.05) is 26.4 Å². The molecule has 1 amide bonds. The van der Waals surface area contributed by atoms with E-state index in [1.165, 1.54) is 6.07 Å². The number of benzene rings is 1. The van der Waals surface area contributed by atoms with Gasteiger partial charge in [-0.25, -0.2) is 4.79 Å². The molecule has 0 unspecified atom stereocenters. The summed E-state index contributed by atoms with van der Waals surface area (Å²) in [6.07, 6.45) is 2.96. The first-order valence-corrected chi connectivity index (χ1v) is 11.1. The molecule has 1 atom stereocenters. The molecule has 8 nitrogen and oxygen atoms in total. The van der Waals surface area contributed by atoms with Crippen LogP contribution in [0.2, 0.25) is 0 Å². The Kier molecular flexibility index (Phi) is 8.40. The Balaban J connectivity index is 1.71. The highest BCUT2D eigenvalue weighted by Crippen LogP contribution is 2.20. The number of ether oxygens (including phenoxy) is 2. The first-order chi connectivity index (χ1) is 15.5. The molecule has 1 N–H and O–H groups in total. The molecule has 0 aliphatic carbocycles. The van der Waals surface area contributed by atoms with Gasteiger partial charge in [-0.1, -0.05) is 19.9 Å². The molecule has 0 saturated carbocycles. The zero-order valence-corrected chi connectivity index (χ0v) is 18.7. The molecule has 0 saturated heterocycles. The van der Waals surface area contributed by atoms with Gasteiger partial charge in [-0.05, 0) is 43.9 Å². The average molecular weight is 439 g/mol. The lowest BCUT2D eigenvalue weighted by Gasteiger charge is -2.15. The summed E-state index contributed by atoms with van der Waals surface area (Å²) < 4.78 is 13.0. The van der Waals surface area contributed by atoms with Crippen molar-refractivity contribution in [1.82, 2.24) is 15.1 Å². The van der Waals surface area contributed by atoms with E-state index in [2.05, 4.69) is 5.32 Å². The fraction of sp³-hybridized carbons (Fsp3) is 0.500. The zero-order valence-electron chi connectivity index (χ0n) is 18.7. The van der Waals surface area contributed by atoms with Crippen LogP contribution in [0.25, 0.3) is 0 Å². The maximum atomic E-state index is 12.8. The molecule has 170 valence electrons. The molecule has 0 radical (unpaired) electrons. The third kappa shape index (κ3) is 5.95. The van der Waals surface area contributed by atoms with Crippen LogP contribution in [-0.2, 0) is 28.9 Å². The largest absolute Gasteiger partial charge is 0.462 e. The van der Waals surface area contributed by atoms with E-state index in [-0.39, 0.29) is 18.4 Å². The van der Waals surface area contributed by atoms with Gasteiger partial charge in [-0.2, -0.15) is 10.4 Å². The molecule has 1 aliphatic heterocycles. The van der Waals surface area contributed by atoms with Gasteiger partial charge in [0.05, 0.1) is 40.8 Å². The maximum Gasteiger partial charge on any atom is 0.338 e. The van der Waals surface area contributed by atoms with Gasteiger partial charge in [0.1, 0.15) is 0 Å². The van der Waals surface area contributed by atoms with Crippen molar-refractivity contribution >= 4 is 11.9 Å². The summed E-state index contributed by atoms with van der Waals surface area (Å²) >= 11 is 0. The molecule has 1 aromatic heterocycles. The summed E-state index contributed by atoms with van der Waals surface area (Å²) in [6, 6.07) is 8.48. The smallest absolute Gasteiger partial charge is 0.338 e. The van der Waals surface area contributed by atoms with E-state index < -0.39 is 5.97 Å². The first kappa shape index (κ1) is 23.5. The number of fused-ring (bicyclic) bond motifs is 1. The topological polar surface area (TPSA) is 106 Å². The fourth-order valence-corrected chi connectivity index (χ4v) is 3.74. The second-order valence-corrected chi connectivity index (χ2v) is 8.03. The van der Waals surface area contributed by atoms with E-state index in [0.29, 0.717) is 55.8 Å². The minimum atomic E-state index is -0.459. The standard InChI is InChI=1S/C24H30N4O4/c1-3-20-22-21(9-5-11-31-12-6-10-26-23(22)29)28(27-20)15-17(2)16-32-24(30)19-8-4-7-18(13-19)14-25/h4,7-8,13,17H,3,5-6,9-12,15-16H2,1-2H3,(H,26,29)/t17-/m1/s1.